The van der Waals surface area contributed by atoms with Gasteiger partial charge in [0.2, 0.25) is 11.9 Å². The summed E-state index contributed by atoms with van der Waals surface area (Å²) in [6.45, 7) is 4.51. The van der Waals surface area contributed by atoms with Crippen molar-refractivity contribution in [3.63, 3.8) is 0 Å². The van der Waals surface area contributed by atoms with Crippen molar-refractivity contribution in [3.8, 4) is 11.4 Å². The molecule has 4 rings (SSSR count). The number of piperidine rings is 1. The zero-order chi connectivity index (χ0) is 22.3. The lowest BCUT2D eigenvalue weighted by Crippen LogP contribution is -2.32. The van der Waals surface area contributed by atoms with E-state index in [-0.39, 0.29) is 11.7 Å². The van der Waals surface area contributed by atoms with Gasteiger partial charge in [-0.1, -0.05) is 42.1 Å². The molecule has 1 fully saturated rings. The second-order valence-electron chi connectivity index (χ2n) is 7.60. The van der Waals surface area contributed by atoms with Gasteiger partial charge in [-0.2, -0.15) is 0 Å². The van der Waals surface area contributed by atoms with E-state index in [1.54, 1.807) is 12.0 Å². The highest BCUT2D eigenvalue weighted by Gasteiger charge is 2.24. The lowest BCUT2D eigenvalue weighted by Gasteiger charge is -2.28. The van der Waals surface area contributed by atoms with Crippen LogP contribution in [0.3, 0.4) is 0 Å². The number of methoxy groups -OCH3 is 1. The lowest BCUT2D eigenvalue weighted by molar-refractivity contribution is -0.116. The van der Waals surface area contributed by atoms with Crippen LogP contribution in [0.4, 0.5) is 11.6 Å². The summed E-state index contributed by atoms with van der Waals surface area (Å²) in [6, 6.07) is 17.6. The van der Waals surface area contributed by atoms with Crippen molar-refractivity contribution < 1.29 is 9.53 Å². The van der Waals surface area contributed by atoms with E-state index in [2.05, 4.69) is 15.1 Å². The van der Waals surface area contributed by atoms with Crippen LogP contribution >= 0.6 is 11.8 Å². The molecule has 8 heteroatoms. The fraction of sp³-hybridized carbons (Fsp3) is 0.375. The van der Waals surface area contributed by atoms with Crippen molar-refractivity contribution in [2.24, 2.45) is 0 Å². The predicted molar refractivity (Wildman–Crippen MR) is 129 cm³/mol. The molecule has 1 aliphatic heterocycles. The van der Waals surface area contributed by atoms with Gasteiger partial charge < -0.3 is 14.5 Å². The van der Waals surface area contributed by atoms with Gasteiger partial charge in [0.25, 0.3) is 0 Å². The van der Waals surface area contributed by atoms with E-state index in [0.29, 0.717) is 11.7 Å². The van der Waals surface area contributed by atoms with Crippen LogP contribution in [-0.2, 0) is 4.79 Å². The van der Waals surface area contributed by atoms with E-state index in [1.165, 1.54) is 18.2 Å². The van der Waals surface area contributed by atoms with Crippen LogP contribution in [0, 0.1) is 0 Å². The van der Waals surface area contributed by atoms with Gasteiger partial charge in [0.1, 0.15) is 5.75 Å². The van der Waals surface area contributed by atoms with Crippen LogP contribution in [0.5, 0.6) is 5.75 Å². The van der Waals surface area contributed by atoms with E-state index in [0.717, 1.165) is 49.0 Å². The largest absolute Gasteiger partial charge is 0.495 e. The number of anilines is 2. The molecule has 3 aromatic rings. The molecule has 0 aliphatic carbocycles. The van der Waals surface area contributed by atoms with Gasteiger partial charge in [0.15, 0.2) is 5.16 Å². The third-order valence-corrected chi connectivity index (χ3v) is 6.50. The number of hydrogen-bond donors (Lipinski definition) is 0. The molecule has 32 heavy (non-hydrogen) atoms. The lowest BCUT2D eigenvalue weighted by atomic mass is 10.1. The number of carbonyl (C=O) groups excluding carboxylic acids is 1. The van der Waals surface area contributed by atoms with Gasteiger partial charge in [-0.25, -0.2) is 0 Å². The second-order valence-corrected chi connectivity index (χ2v) is 8.54. The fourth-order valence-corrected chi connectivity index (χ4v) is 4.81. The van der Waals surface area contributed by atoms with E-state index in [1.807, 2.05) is 66.1 Å². The zero-order valence-corrected chi connectivity index (χ0v) is 19.4. The summed E-state index contributed by atoms with van der Waals surface area (Å²) in [4.78, 5) is 17.1. The number of benzene rings is 2. The van der Waals surface area contributed by atoms with Gasteiger partial charge in [-0.15, -0.1) is 10.2 Å². The Morgan fingerprint density at radius 3 is 2.47 bits per heavy atom. The topological polar surface area (TPSA) is 63.5 Å². The molecule has 0 saturated carbocycles. The third kappa shape index (κ3) is 4.75. The summed E-state index contributed by atoms with van der Waals surface area (Å²) in [6.07, 6.45) is 3.52. The molecule has 7 nitrogen and oxygen atoms in total. The van der Waals surface area contributed by atoms with E-state index < -0.39 is 0 Å². The number of thioether (sulfide) groups is 1. The minimum atomic E-state index is 0.0396. The Bertz CT molecular complexity index is 1030. The summed E-state index contributed by atoms with van der Waals surface area (Å²) >= 11 is 1.41. The number of aromatic nitrogens is 3. The molecule has 0 unspecified atom stereocenters. The maximum absolute atomic E-state index is 13.0. The van der Waals surface area contributed by atoms with Crippen molar-refractivity contribution >= 4 is 29.3 Å². The average molecular weight is 452 g/mol. The molecule has 168 valence electrons. The van der Waals surface area contributed by atoms with Crippen LogP contribution in [0.25, 0.3) is 5.69 Å². The highest BCUT2D eigenvalue weighted by Crippen LogP contribution is 2.33. The normalized spacial score (nSPS) is 13.8. The molecule has 0 N–H and O–H groups in total. The minimum absolute atomic E-state index is 0.0396. The molecule has 1 saturated heterocycles. The van der Waals surface area contributed by atoms with Crippen LogP contribution in [-0.4, -0.2) is 53.2 Å². The molecule has 1 aromatic heterocycles. The molecule has 0 atom stereocenters. The fourth-order valence-electron chi connectivity index (χ4n) is 3.99. The minimum Gasteiger partial charge on any atom is -0.495 e. The van der Waals surface area contributed by atoms with Gasteiger partial charge in [-0.3, -0.25) is 9.36 Å². The number of hydrogen-bond acceptors (Lipinski definition) is 6. The van der Waals surface area contributed by atoms with Crippen molar-refractivity contribution in [1.29, 1.82) is 0 Å². The standard InChI is InChI=1S/C24H29N5O2S/c1-3-28(19-12-6-4-7-13-19)22(30)18-32-24-26-25-23(27-16-10-5-11-17-27)29(24)20-14-8-9-15-21(20)31-2/h4,6-9,12-15H,3,5,10-11,16-18H2,1-2H3. The first kappa shape index (κ1) is 22.2. The number of para-hydroxylation sites is 3. The molecule has 0 bridgehead atoms. The molecular formula is C24H29N5O2S. The summed E-state index contributed by atoms with van der Waals surface area (Å²) < 4.78 is 7.65. The van der Waals surface area contributed by atoms with E-state index in [9.17, 15) is 4.79 Å². The predicted octanol–water partition coefficient (Wildman–Crippen LogP) is 4.41. The Labute approximate surface area is 193 Å². The van der Waals surface area contributed by atoms with Crippen molar-refractivity contribution in [1.82, 2.24) is 14.8 Å². The number of nitrogens with zero attached hydrogens (tertiary/aromatic N) is 5. The Kier molecular flexibility index (Phi) is 7.32. The highest BCUT2D eigenvalue weighted by atomic mass is 32.2. The summed E-state index contributed by atoms with van der Waals surface area (Å²) in [5.41, 5.74) is 1.78. The van der Waals surface area contributed by atoms with Gasteiger partial charge in [-0.05, 0) is 50.5 Å². The Morgan fingerprint density at radius 1 is 1.03 bits per heavy atom. The van der Waals surface area contributed by atoms with Crippen LogP contribution in [0.1, 0.15) is 26.2 Å². The molecule has 2 aromatic carbocycles. The van der Waals surface area contributed by atoms with Gasteiger partial charge in [0, 0.05) is 25.3 Å². The number of carbonyl (C=O) groups is 1. The number of rotatable bonds is 8. The van der Waals surface area contributed by atoms with Gasteiger partial charge >= 0.3 is 0 Å². The smallest absolute Gasteiger partial charge is 0.237 e. The Balaban J connectivity index is 1.62. The average Bonchev–Trinajstić information content (AvgIpc) is 3.28. The summed E-state index contributed by atoms with van der Waals surface area (Å²) in [7, 11) is 1.67. The number of amides is 1. The SMILES string of the molecule is CCN(C(=O)CSc1nnc(N2CCCCC2)n1-c1ccccc1OC)c1ccccc1. The van der Waals surface area contributed by atoms with Crippen LogP contribution in [0.15, 0.2) is 59.8 Å². The van der Waals surface area contributed by atoms with Gasteiger partial charge in [0.05, 0.1) is 18.6 Å². The molecular weight excluding hydrogens is 422 g/mol. The van der Waals surface area contributed by atoms with Crippen LogP contribution < -0.4 is 14.5 Å². The number of ether oxygens (including phenoxy) is 1. The summed E-state index contributed by atoms with van der Waals surface area (Å²) in [5.74, 6) is 1.87. The maximum Gasteiger partial charge on any atom is 0.237 e. The van der Waals surface area contributed by atoms with Crippen molar-refractivity contribution in [3.05, 3.63) is 54.6 Å². The van der Waals surface area contributed by atoms with Crippen molar-refractivity contribution in [2.75, 3.05) is 42.3 Å². The van der Waals surface area contributed by atoms with Crippen LogP contribution in [0.2, 0.25) is 0 Å². The highest BCUT2D eigenvalue weighted by molar-refractivity contribution is 7.99. The van der Waals surface area contributed by atoms with E-state index >= 15 is 0 Å². The molecule has 0 spiro atoms. The summed E-state index contributed by atoms with van der Waals surface area (Å²) in [5, 5.41) is 9.70. The van der Waals surface area contributed by atoms with E-state index in [4.69, 9.17) is 4.74 Å². The molecule has 1 amide bonds. The zero-order valence-electron chi connectivity index (χ0n) is 18.6. The Morgan fingerprint density at radius 2 is 1.75 bits per heavy atom. The quantitative estimate of drug-likeness (QED) is 0.473. The third-order valence-electron chi connectivity index (χ3n) is 5.59. The first-order valence-electron chi connectivity index (χ1n) is 11.0. The Hall–Kier alpha value is -3.00. The first-order chi connectivity index (χ1) is 15.7. The molecule has 2 heterocycles. The van der Waals surface area contributed by atoms with Crippen molar-refractivity contribution in [2.45, 2.75) is 31.3 Å². The monoisotopic (exact) mass is 451 g/mol. The maximum atomic E-state index is 13.0. The first-order valence-corrected chi connectivity index (χ1v) is 12.0. The second kappa shape index (κ2) is 10.5. The molecule has 0 radical (unpaired) electrons. The molecule has 1 aliphatic rings.